The first-order valence-electron chi connectivity index (χ1n) is 40.4. The number of hydrogen-bond donors (Lipinski definition) is 5. The summed E-state index contributed by atoms with van der Waals surface area (Å²) in [7, 11) is 5.14. The number of nitrogens with zero attached hydrogens (tertiary/aromatic N) is 5. The van der Waals surface area contributed by atoms with Gasteiger partial charge in [0.25, 0.3) is 24.2 Å². The third kappa shape index (κ3) is 26.4. The molecule has 0 atom stereocenters. The van der Waals surface area contributed by atoms with Gasteiger partial charge in [0.15, 0.2) is 0 Å². The molecule has 0 saturated heterocycles. The Bertz CT molecular complexity index is 4800. The molecule has 0 spiro atoms. The van der Waals surface area contributed by atoms with Gasteiger partial charge in [0.2, 0.25) is 17.3 Å². The molecule has 1 aliphatic carbocycles. The van der Waals surface area contributed by atoms with Gasteiger partial charge in [0, 0.05) is 108 Å². The van der Waals surface area contributed by atoms with Crippen molar-refractivity contribution in [2.75, 3.05) is 92.3 Å². The Morgan fingerprint density at radius 1 is 0.513 bits per heavy atom. The van der Waals surface area contributed by atoms with Gasteiger partial charge in [-0.05, 0) is 211 Å². The second kappa shape index (κ2) is 49.9. The number of amides is 3. The zero-order chi connectivity index (χ0) is 84.4. The summed E-state index contributed by atoms with van der Waals surface area (Å²) in [6.07, 6.45) is 6.40. The first kappa shape index (κ1) is 99.9. The fraction of sp³-hybridized carbons (Fsp3) is 0.409. The maximum atomic E-state index is 13.1. The number of nitrogens with one attached hydrogen (secondary N) is 3. The third-order valence-corrected chi connectivity index (χ3v) is 21.4. The summed E-state index contributed by atoms with van der Waals surface area (Å²) in [4.78, 5) is 55.0. The number of benzene rings is 7. The zero-order valence-electron chi connectivity index (χ0n) is 73.3. The number of aryl methyl sites for hydroxylation is 5. The van der Waals surface area contributed by atoms with Gasteiger partial charge in [-0.2, -0.15) is 0 Å². The molecule has 626 valence electrons. The molecule has 0 radical (unpaired) electrons. The summed E-state index contributed by atoms with van der Waals surface area (Å²) >= 11 is 3.18. The number of phenolic OH excluding ortho intramolecular Hbond substituents is 2. The molecule has 0 unspecified atom stereocenters. The van der Waals surface area contributed by atoms with Crippen LogP contribution in [0, 0.1) is 20.8 Å². The molecule has 10 aromatic rings. The molecule has 0 bridgehead atoms. The molecular formula is C93H115BrCs2N8O15. The number of alkyl halides is 1. The number of ether oxygens (including phenoxy) is 4. The maximum Gasteiger partial charge on any atom is 1.00 e. The standard InChI is InChI=1S/C33H36N2O3.C29H37N3O3.C27H33N3O5.C3H7BrO.CH2O3.2Cs.H/c1-5-34-33(36)32-30(26-16-15-24-13-9-10-14-25(24)18-26)31(35-38-32)28-19-27(21(2)3)22(4)17-29(28)37-20-23-11-7-6-8-12-23;1-7-30-29(33)28-26(22-8-9-23-17-32(12-13-34-6)11-10-21(23)15-22)27(31-35-28)25-16-24(18(2)3)19(4)14-20(25)5;1-5-28-27(33)26-24(18-6-7-19-15-30(10-11-34-4)9-8-17(19)12-18)25(29-35-26)21-13-20(16(2)3)22(31)14-23(21)32;1-5-3-2-4;2-1-4-3;;;/h6-8,11-12,15-19,21H,5,9-10,13-14,20H2,1-4H3,(H,34,36);8-9,14-16,18H,7,10-13,17H2,1-6H3,(H,30,33);6-7,12-14,16,31-32H,5,8-11,15H2,1-4H3,(H,28,33);2-3H2,1H3;1,3H;;;/q;;;;;2*+1;-1/p-1. The topological polar surface area (TPSA) is 299 Å². The van der Waals surface area contributed by atoms with Crippen molar-refractivity contribution in [3.63, 3.8) is 0 Å². The molecule has 13 rings (SSSR count). The Labute approximate surface area is 828 Å². The number of rotatable bonds is 27. The van der Waals surface area contributed by atoms with Gasteiger partial charge >= 0.3 is 138 Å². The summed E-state index contributed by atoms with van der Waals surface area (Å²) < 4.78 is 38.6. The van der Waals surface area contributed by atoms with E-state index in [2.05, 4.69) is 200 Å². The van der Waals surface area contributed by atoms with Crippen molar-refractivity contribution >= 4 is 40.1 Å². The normalized spacial score (nSPS) is 12.7. The van der Waals surface area contributed by atoms with E-state index >= 15 is 0 Å². The molecule has 119 heavy (non-hydrogen) atoms. The second-order valence-corrected chi connectivity index (χ2v) is 31.0. The van der Waals surface area contributed by atoms with Crippen molar-refractivity contribution in [1.29, 1.82) is 0 Å². The number of fused-ring (bicyclic) bond motifs is 3. The molecule has 23 nitrogen and oxygen atoms in total. The Kier molecular flexibility index (Phi) is 41.9. The number of phenols is 2. The predicted molar refractivity (Wildman–Crippen MR) is 459 cm³/mol. The molecule has 0 fully saturated rings. The van der Waals surface area contributed by atoms with Crippen LogP contribution in [0.5, 0.6) is 17.2 Å². The Morgan fingerprint density at radius 3 is 1.34 bits per heavy atom. The van der Waals surface area contributed by atoms with Crippen LogP contribution in [0.2, 0.25) is 0 Å². The van der Waals surface area contributed by atoms with Crippen LogP contribution in [0.15, 0.2) is 135 Å². The molecule has 26 heteroatoms. The van der Waals surface area contributed by atoms with Crippen molar-refractivity contribution in [2.45, 2.75) is 159 Å². The fourth-order valence-electron chi connectivity index (χ4n) is 15.1. The zero-order valence-corrected chi connectivity index (χ0v) is 86.5. The van der Waals surface area contributed by atoms with Crippen LogP contribution in [0.3, 0.4) is 0 Å². The van der Waals surface area contributed by atoms with Gasteiger partial charge < -0.3 is 70.3 Å². The average molecular weight is 1930 g/mol. The van der Waals surface area contributed by atoms with Crippen LogP contribution >= 0.6 is 15.9 Å². The fourth-order valence-corrected chi connectivity index (χ4v) is 15.4. The number of carbonyl (C=O) groups is 4. The summed E-state index contributed by atoms with van der Waals surface area (Å²) in [5, 5.41) is 52.1. The van der Waals surface area contributed by atoms with E-state index < -0.39 is 0 Å². The number of carbonyl (C=O) groups excluding carboxylic acids is 4. The Balaban J connectivity index is 0.000000262. The molecular weight excluding hydrogens is 1810 g/mol. The summed E-state index contributed by atoms with van der Waals surface area (Å²) in [5.74, 6) is 1.08. The number of methoxy groups -OCH3 is 3. The van der Waals surface area contributed by atoms with Crippen molar-refractivity contribution in [3.05, 3.63) is 211 Å². The largest absolute Gasteiger partial charge is 1.00 e. The quantitative estimate of drug-likeness (QED) is 0.0138. The van der Waals surface area contributed by atoms with Crippen LogP contribution in [0.4, 0.5) is 0 Å². The molecule has 0 saturated carbocycles. The van der Waals surface area contributed by atoms with Gasteiger partial charge in [-0.15, -0.1) is 0 Å². The third-order valence-electron chi connectivity index (χ3n) is 21.1. The van der Waals surface area contributed by atoms with E-state index in [0.29, 0.717) is 78.3 Å². The molecule has 7 aromatic carbocycles. The van der Waals surface area contributed by atoms with E-state index in [4.69, 9.17) is 37.8 Å². The SMILES string of the molecule is CCNC(=O)c1onc(-c2cc(C(C)C)c(C)cc2C)c1-c1ccc2c(c1)CCN(CCOC)C2.CCNC(=O)c1onc(-c2cc(C(C)C)c(C)cc2OCc2ccccc2)c1-c1ccc2c(c1)CCCC2.CCNC(=O)c1onc(-c2cc(C(C)C)c(O)cc2O)c1-c1ccc2c(c1)CCN(CCOC)C2.COCCBr.O=CO[O-].[Cs+].[Cs+].[H-]. The van der Waals surface area contributed by atoms with Gasteiger partial charge in [-0.3, -0.25) is 29.0 Å². The monoisotopic (exact) mass is 1930 g/mol. The molecule has 3 amide bonds. The van der Waals surface area contributed by atoms with Crippen molar-refractivity contribution in [2.24, 2.45) is 0 Å². The smallest absolute Gasteiger partial charge is 1.00 e. The first-order valence-corrected chi connectivity index (χ1v) is 41.5. The minimum absolute atomic E-state index is 0. The maximum absolute atomic E-state index is 13.1. The summed E-state index contributed by atoms with van der Waals surface area (Å²) in [6, 6.07) is 41.0. The van der Waals surface area contributed by atoms with Crippen LogP contribution in [0.25, 0.3) is 67.2 Å². The van der Waals surface area contributed by atoms with Crippen LogP contribution in [-0.4, -0.2) is 152 Å². The van der Waals surface area contributed by atoms with Crippen LogP contribution < -0.4 is 164 Å². The number of halogens is 1. The van der Waals surface area contributed by atoms with Crippen molar-refractivity contribution < 1.29 is 211 Å². The summed E-state index contributed by atoms with van der Waals surface area (Å²) in [5.41, 5.74) is 24.3. The van der Waals surface area contributed by atoms with Gasteiger partial charge in [0.1, 0.15) is 40.9 Å². The Hall–Kier alpha value is -6.21. The molecule has 5 heterocycles. The minimum atomic E-state index is -0.368. The van der Waals surface area contributed by atoms with E-state index in [1.54, 1.807) is 27.4 Å². The molecule has 2 aliphatic heterocycles. The van der Waals surface area contributed by atoms with E-state index in [-0.39, 0.29) is 198 Å². The molecule has 3 aliphatic rings. The van der Waals surface area contributed by atoms with Crippen LogP contribution in [-0.2, 0) is 69.3 Å². The van der Waals surface area contributed by atoms with Gasteiger partial charge in [-0.1, -0.05) is 164 Å². The van der Waals surface area contributed by atoms with E-state index in [1.165, 1.54) is 69.0 Å². The molecule has 5 N–H and O–H groups in total. The van der Waals surface area contributed by atoms with E-state index in [1.807, 2.05) is 58.9 Å². The number of hydrogen-bond acceptors (Lipinski definition) is 20. The number of aromatic hydroxyl groups is 2. The van der Waals surface area contributed by atoms with E-state index in [9.17, 15) is 24.6 Å². The van der Waals surface area contributed by atoms with Crippen molar-refractivity contribution in [1.82, 2.24) is 41.2 Å². The Morgan fingerprint density at radius 2 is 0.916 bits per heavy atom. The van der Waals surface area contributed by atoms with Gasteiger partial charge in [-0.25, -0.2) is 0 Å². The van der Waals surface area contributed by atoms with E-state index in [0.717, 1.165) is 145 Å². The first-order chi connectivity index (χ1) is 56.5. The average Bonchev–Trinajstić information content (AvgIpc) is 1.59. The molecule has 3 aromatic heterocycles. The number of aromatic nitrogens is 3. The second-order valence-electron chi connectivity index (χ2n) is 30.2. The minimum Gasteiger partial charge on any atom is -1.00 e. The van der Waals surface area contributed by atoms with Crippen molar-refractivity contribution in [3.8, 4) is 84.4 Å². The van der Waals surface area contributed by atoms with Gasteiger partial charge in [0.05, 0.1) is 36.5 Å². The van der Waals surface area contributed by atoms with Crippen LogP contribution in [0.1, 0.15) is 198 Å². The predicted octanol–water partition coefficient (Wildman–Crippen LogP) is 11.0. The summed E-state index contributed by atoms with van der Waals surface area (Å²) in [6.45, 7) is 34.1.